The first-order chi connectivity index (χ1) is 15.5. The smallest absolute Gasteiger partial charge is 0.266 e. The first-order valence-corrected chi connectivity index (χ1v) is 11.5. The number of nitrogens with zero attached hydrogens (tertiary/aromatic N) is 2. The summed E-state index contributed by atoms with van der Waals surface area (Å²) >= 11 is 0. The Morgan fingerprint density at radius 2 is 1.79 bits per heavy atom. The van der Waals surface area contributed by atoms with Crippen LogP contribution < -0.4 is 15.2 Å². The summed E-state index contributed by atoms with van der Waals surface area (Å²) in [6, 6.07) is 15.7. The van der Waals surface area contributed by atoms with Crippen LogP contribution in [0.2, 0.25) is 0 Å². The third kappa shape index (κ3) is 5.14. The molecule has 0 spiro atoms. The zero-order valence-corrected chi connectivity index (χ0v) is 19.5. The number of carbonyl (C=O) groups is 1. The summed E-state index contributed by atoms with van der Waals surface area (Å²) < 4.78 is 30.7. The lowest BCUT2D eigenvalue weighted by Crippen LogP contribution is -2.16. The van der Waals surface area contributed by atoms with Gasteiger partial charge < -0.3 is 14.6 Å². The summed E-state index contributed by atoms with van der Waals surface area (Å²) in [4.78, 5) is 12.6. The summed E-state index contributed by atoms with van der Waals surface area (Å²) in [5.41, 5.74) is 3.97. The zero-order valence-electron chi connectivity index (χ0n) is 18.7. The lowest BCUT2D eigenvalue weighted by Gasteiger charge is -2.10. The van der Waals surface area contributed by atoms with Crippen molar-refractivity contribution in [2.45, 2.75) is 25.7 Å². The first kappa shape index (κ1) is 23.8. The van der Waals surface area contributed by atoms with Crippen LogP contribution in [-0.4, -0.2) is 26.0 Å². The molecule has 0 bridgehead atoms. The van der Waals surface area contributed by atoms with Gasteiger partial charge in [-0.05, 0) is 80.4 Å². The molecule has 8 nitrogen and oxygen atoms in total. The number of nitrogens with one attached hydrogen (secondary N) is 1. The molecule has 3 rings (SSSR count). The van der Waals surface area contributed by atoms with Gasteiger partial charge in [-0.15, -0.1) is 0 Å². The topological polar surface area (TPSA) is 127 Å². The fraction of sp³-hybridized carbons (Fsp3) is 0.167. The van der Waals surface area contributed by atoms with E-state index in [1.807, 2.05) is 54.8 Å². The van der Waals surface area contributed by atoms with Crippen LogP contribution in [0.5, 0.6) is 5.75 Å². The molecule has 1 heterocycles. The molecule has 1 aromatic heterocycles. The predicted molar refractivity (Wildman–Crippen MR) is 127 cm³/mol. The molecular formula is C24H24N4O4S. The molecule has 0 atom stereocenters. The van der Waals surface area contributed by atoms with Crippen molar-refractivity contribution in [3.63, 3.8) is 0 Å². The van der Waals surface area contributed by atoms with Gasteiger partial charge in [-0.25, -0.2) is 13.6 Å². The summed E-state index contributed by atoms with van der Waals surface area (Å²) in [5, 5.41) is 17.4. The van der Waals surface area contributed by atoms with Gasteiger partial charge >= 0.3 is 0 Å². The standard InChI is InChI=1S/C24H24N4O4S/c1-15-5-6-20(13-23(15)33(26,30)31)27-24(29)19(14-25)12-18-11-16(2)28(17(18)3)21-7-9-22(32-4)10-8-21/h5-13H,1-4H3,(H,27,29)(H2,26,30,31)/b19-12-. The van der Waals surface area contributed by atoms with E-state index >= 15 is 0 Å². The summed E-state index contributed by atoms with van der Waals surface area (Å²) in [7, 11) is -2.34. The molecule has 0 aliphatic carbocycles. The van der Waals surface area contributed by atoms with Crippen LogP contribution in [0.15, 0.2) is 59.0 Å². The van der Waals surface area contributed by atoms with Gasteiger partial charge in [0, 0.05) is 22.8 Å². The molecule has 3 aromatic rings. The van der Waals surface area contributed by atoms with Crippen molar-refractivity contribution in [2.75, 3.05) is 12.4 Å². The highest BCUT2D eigenvalue weighted by Crippen LogP contribution is 2.25. The second-order valence-corrected chi connectivity index (χ2v) is 9.04. The lowest BCUT2D eigenvalue weighted by molar-refractivity contribution is -0.112. The monoisotopic (exact) mass is 464 g/mol. The van der Waals surface area contributed by atoms with Crippen LogP contribution in [0.3, 0.4) is 0 Å². The maximum Gasteiger partial charge on any atom is 0.266 e. The first-order valence-electron chi connectivity index (χ1n) is 9.95. The van der Waals surface area contributed by atoms with Crippen LogP contribution in [0.25, 0.3) is 11.8 Å². The van der Waals surface area contributed by atoms with Crippen LogP contribution >= 0.6 is 0 Å². The van der Waals surface area contributed by atoms with Crippen LogP contribution in [0, 0.1) is 32.1 Å². The maximum atomic E-state index is 12.7. The minimum absolute atomic E-state index is 0.0918. The number of ether oxygens (including phenoxy) is 1. The number of anilines is 1. The highest BCUT2D eigenvalue weighted by atomic mass is 32.2. The van der Waals surface area contributed by atoms with E-state index in [0.717, 1.165) is 22.8 Å². The number of amides is 1. The maximum absolute atomic E-state index is 12.7. The van der Waals surface area contributed by atoms with Crippen molar-refractivity contribution < 1.29 is 17.9 Å². The highest BCUT2D eigenvalue weighted by molar-refractivity contribution is 7.89. The molecule has 3 N–H and O–H groups in total. The number of aromatic nitrogens is 1. The van der Waals surface area contributed by atoms with E-state index in [0.29, 0.717) is 11.1 Å². The fourth-order valence-corrected chi connectivity index (χ4v) is 4.36. The van der Waals surface area contributed by atoms with Crippen molar-refractivity contribution in [3.8, 4) is 17.5 Å². The van der Waals surface area contributed by atoms with Crippen molar-refractivity contribution in [1.82, 2.24) is 4.57 Å². The van der Waals surface area contributed by atoms with Crippen LogP contribution in [0.4, 0.5) is 5.69 Å². The van der Waals surface area contributed by atoms with Crippen molar-refractivity contribution in [2.24, 2.45) is 5.14 Å². The fourth-order valence-electron chi connectivity index (χ4n) is 3.55. The summed E-state index contributed by atoms with van der Waals surface area (Å²) in [6.45, 7) is 5.43. The molecule has 170 valence electrons. The molecule has 2 aromatic carbocycles. The second kappa shape index (κ2) is 9.32. The molecule has 0 unspecified atom stereocenters. The summed E-state index contributed by atoms with van der Waals surface area (Å²) in [6.07, 6.45) is 1.51. The quantitative estimate of drug-likeness (QED) is 0.426. The van der Waals surface area contributed by atoms with E-state index in [9.17, 15) is 18.5 Å². The van der Waals surface area contributed by atoms with E-state index in [2.05, 4.69) is 5.32 Å². The molecule has 9 heteroatoms. The van der Waals surface area contributed by atoms with Gasteiger partial charge in [0.2, 0.25) is 10.0 Å². The number of hydrogen-bond donors (Lipinski definition) is 2. The number of rotatable bonds is 6. The molecule has 1 amide bonds. The van der Waals surface area contributed by atoms with E-state index in [-0.39, 0.29) is 16.2 Å². The lowest BCUT2D eigenvalue weighted by atomic mass is 10.1. The molecule has 0 saturated heterocycles. The highest BCUT2D eigenvalue weighted by Gasteiger charge is 2.16. The number of carbonyl (C=O) groups excluding carboxylic acids is 1. The van der Waals surface area contributed by atoms with Crippen LogP contribution in [0.1, 0.15) is 22.5 Å². The molecule has 0 aliphatic rings. The van der Waals surface area contributed by atoms with Crippen molar-refractivity contribution >= 4 is 27.7 Å². The number of nitriles is 1. The Morgan fingerprint density at radius 1 is 1.12 bits per heavy atom. The van der Waals surface area contributed by atoms with Crippen molar-refractivity contribution in [1.29, 1.82) is 5.26 Å². The van der Waals surface area contributed by atoms with Gasteiger partial charge in [0.1, 0.15) is 17.4 Å². The predicted octanol–water partition coefficient (Wildman–Crippen LogP) is 3.60. The Bertz CT molecular complexity index is 1400. The molecule has 0 saturated carbocycles. The van der Waals surface area contributed by atoms with Gasteiger partial charge in [0.05, 0.1) is 12.0 Å². The molecule has 0 fully saturated rings. The van der Waals surface area contributed by atoms with Gasteiger partial charge in [-0.2, -0.15) is 5.26 Å². The molecular weight excluding hydrogens is 440 g/mol. The SMILES string of the molecule is COc1ccc(-n2c(C)cc(/C=C(/C#N)C(=O)Nc3ccc(C)c(S(N)(=O)=O)c3)c2C)cc1. The largest absolute Gasteiger partial charge is 0.497 e. The number of primary sulfonamides is 1. The Hall–Kier alpha value is -3.87. The minimum Gasteiger partial charge on any atom is -0.497 e. The molecule has 33 heavy (non-hydrogen) atoms. The number of hydrogen-bond acceptors (Lipinski definition) is 5. The Morgan fingerprint density at radius 3 is 2.36 bits per heavy atom. The van der Waals surface area contributed by atoms with E-state index in [4.69, 9.17) is 9.88 Å². The number of nitrogens with two attached hydrogens (primary N) is 1. The third-order valence-corrected chi connectivity index (χ3v) is 6.27. The van der Waals surface area contributed by atoms with Crippen LogP contribution in [-0.2, 0) is 14.8 Å². The minimum atomic E-state index is -3.95. The second-order valence-electron chi connectivity index (χ2n) is 7.51. The Balaban J connectivity index is 1.92. The van der Waals surface area contributed by atoms with Gasteiger partial charge in [-0.3, -0.25) is 4.79 Å². The third-order valence-electron chi connectivity index (χ3n) is 5.22. The summed E-state index contributed by atoms with van der Waals surface area (Å²) in [5.74, 6) is 0.0856. The van der Waals surface area contributed by atoms with E-state index in [1.54, 1.807) is 20.1 Å². The number of benzene rings is 2. The van der Waals surface area contributed by atoms with E-state index < -0.39 is 15.9 Å². The number of methoxy groups -OCH3 is 1. The number of aryl methyl sites for hydroxylation is 2. The van der Waals surface area contributed by atoms with Gasteiger partial charge in [0.15, 0.2) is 0 Å². The Kier molecular flexibility index (Phi) is 6.72. The van der Waals surface area contributed by atoms with Gasteiger partial charge in [-0.1, -0.05) is 6.07 Å². The molecule has 0 radical (unpaired) electrons. The van der Waals surface area contributed by atoms with Gasteiger partial charge in [0.25, 0.3) is 5.91 Å². The van der Waals surface area contributed by atoms with E-state index in [1.165, 1.54) is 18.2 Å². The van der Waals surface area contributed by atoms with Crippen molar-refractivity contribution in [3.05, 3.63) is 76.6 Å². The average molecular weight is 465 g/mol. The average Bonchev–Trinajstić information content (AvgIpc) is 3.05. The normalized spacial score (nSPS) is 11.7. The molecule has 0 aliphatic heterocycles. The number of sulfonamides is 1. The Labute approximate surface area is 193 Å². The zero-order chi connectivity index (χ0) is 24.3.